The molecule has 0 unspecified atom stereocenters. The van der Waals surface area contributed by atoms with Crippen LogP contribution in [-0.4, -0.2) is 43.8 Å². The average Bonchev–Trinajstić information content (AvgIpc) is 3.07. The van der Waals surface area contributed by atoms with E-state index in [4.69, 9.17) is 34.8 Å². The zero-order chi connectivity index (χ0) is 35.9. The van der Waals surface area contributed by atoms with Gasteiger partial charge < -0.3 is 10.2 Å². The highest BCUT2D eigenvalue weighted by atomic mass is 35.5. The van der Waals surface area contributed by atoms with Crippen molar-refractivity contribution in [2.24, 2.45) is 0 Å². The van der Waals surface area contributed by atoms with Gasteiger partial charge in [-0.1, -0.05) is 96.3 Å². The quantitative estimate of drug-likeness (QED) is 0.149. The molecule has 0 saturated carbocycles. The van der Waals surface area contributed by atoms with Crippen LogP contribution in [0.5, 0.6) is 0 Å². The Morgan fingerprint density at radius 1 is 0.816 bits per heavy atom. The van der Waals surface area contributed by atoms with Gasteiger partial charge in [0.2, 0.25) is 11.8 Å². The highest BCUT2D eigenvalue weighted by Gasteiger charge is 2.37. The smallest absolute Gasteiger partial charge is 0.352 e. The third kappa shape index (κ3) is 9.69. The fourth-order valence-electron chi connectivity index (χ4n) is 4.94. The van der Waals surface area contributed by atoms with Gasteiger partial charge in [-0.3, -0.25) is 13.9 Å². The van der Waals surface area contributed by atoms with Crippen LogP contribution in [0.15, 0.2) is 102 Å². The Hall–Kier alpha value is -3.77. The predicted octanol–water partition coefficient (Wildman–Crippen LogP) is 8.42. The highest BCUT2D eigenvalue weighted by molar-refractivity contribution is 7.92. The number of carbonyl (C=O) groups is 2. The fourth-order valence-corrected chi connectivity index (χ4v) is 6.98. The van der Waals surface area contributed by atoms with E-state index in [0.717, 1.165) is 6.07 Å². The summed E-state index contributed by atoms with van der Waals surface area (Å²) >= 11 is 18.8. The first-order valence-corrected chi connectivity index (χ1v) is 17.7. The number of amides is 2. The minimum Gasteiger partial charge on any atom is -0.352 e. The lowest BCUT2D eigenvalue weighted by Crippen LogP contribution is -2.54. The van der Waals surface area contributed by atoms with Gasteiger partial charge in [0.25, 0.3) is 10.0 Å². The number of alkyl halides is 3. The molecule has 4 aromatic carbocycles. The molecule has 0 aliphatic carbocycles. The van der Waals surface area contributed by atoms with Gasteiger partial charge in [-0.15, -0.1) is 0 Å². The minimum atomic E-state index is -4.85. The largest absolute Gasteiger partial charge is 0.416 e. The number of carbonyl (C=O) groups excluding carboxylic acids is 2. The highest BCUT2D eigenvalue weighted by Crippen LogP contribution is 2.37. The first kappa shape index (κ1) is 38.0. The summed E-state index contributed by atoms with van der Waals surface area (Å²) in [6.07, 6.45) is -4.23. The van der Waals surface area contributed by atoms with Crippen LogP contribution < -0.4 is 9.62 Å². The lowest BCUT2D eigenvalue weighted by Gasteiger charge is -2.34. The van der Waals surface area contributed by atoms with Crippen LogP contribution in [0, 0.1) is 0 Å². The number of nitrogens with zero attached hydrogens (tertiary/aromatic N) is 2. The predicted molar refractivity (Wildman–Crippen MR) is 186 cm³/mol. The molecule has 7 nitrogen and oxygen atoms in total. The van der Waals surface area contributed by atoms with Crippen LogP contribution in [0.25, 0.3) is 0 Å². The molecule has 0 saturated heterocycles. The molecule has 14 heteroatoms. The summed E-state index contributed by atoms with van der Waals surface area (Å²) in [6.45, 7) is 2.45. The number of halogens is 6. The summed E-state index contributed by atoms with van der Waals surface area (Å²) in [4.78, 5) is 29.4. The number of anilines is 1. The summed E-state index contributed by atoms with van der Waals surface area (Å²) in [5.74, 6) is -1.40. The Labute approximate surface area is 298 Å². The molecule has 0 aliphatic rings. The summed E-state index contributed by atoms with van der Waals surface area (Å²) in [5, 5.41) is 2.99. The van der Waals surface area contributed by atoms with Crippen molar-refractivity contribution in [2.75, 3.05) is 10.8 Å². The fraction of sp³-hybridized carbons (Fsp3) is 0.257. The molecule has 0 aliphatic heterocycles. The van der Waals surface area contributed by atoms with Crippen molar-refractivity contribution in [3.63, 3.8) is 0 Å². The molecule has 4 rings (SSSR count). The van der Waals surface area contributed by atoms with E-state index in [0.29, 0.717) is 34.0 Å². The number of hydrogen-bond donors (Lipinski definition) is 1. The maximum atomic E-state index is 14.6. The second-order valence-corrected chi connectivity index (χ2v) is 14.4. The van der Waals surface area contributed by atoms with E-state index in [1.807, 2.05) is 6.92 Å². The van der Waals surface area contributed by atoms with Crippen LogP contribution in [0.2, 0.25) is 15.1 Å². The van der Waals surface area contributed by atoms with Crippen molar-refractivity contribution in [1.29, 1.82) is 0 Å². The average molecular weight is 755 g/mol. The molecule has 0 radical (unpaired) electrons. The number of nitrogens with one attached hydrogen (secondary N) is 1. The Morgan fingerprint density at radius 2 is 1.43 bits per heavy atom. The van der Waals surface area contributed by atoms with E-state index in [2.05, 4.69) is 5.32 Å². The molecule has 1 N–H and O–H groups in total. The zero-order valence-corrected chi connectivity index (χ0v) is 29.5. The number of rotatable bonds is 13. The summed E-state index contributed by atoms with van der Waals surface area (Å²) in [5.41, 5.74) is -0.567. The van der Waals surface area contributed by atoms with E-state index in [-0.39, 0.29) is 39.0 Å². The molecule has 49 heavy (non-hydrogen) atoms. The van der Waals surface area contributed by atoms with Gasteiger partial charge in [0.1, 0.15) is 12.6 Å². The van der Waals surface area contributed by atoms with Crippen molar-refractivity contribution >= 4 is 62.3 Å². The number of hydrogen-bond acceptors (Lipinski definition) is 4. The summed E-state index contributed by atoms with van der Waals surface area (Å²) in [7, 11) is -4.69. The van der Waals surface area contributed by atoms with E-state index >= 15 is 0 Å². The maximum Gasteiger partial charge on any atom is 0.416 e. The normalized spacial score (nSPS) is 13.0. The Bertz CT molecular complexity index is 1880. The van der Waals surface area contributed by atoms with Gasteiger partial charge in [-0.2, -0.15) is 13.2 Å². The standard InChI is InChI=1S/C35H33Cl3F3N3O4S/c1-3-23(2)42-34(46)32(19-24-10-6-4-7-11-24)43(21-25-14-16-28(36)30(38)18-25)33(45)22-44(49(47,48)27-12-8-5-9-13-27)31-20-26(35(39,40)41)15-17-29(31)37/h4-18,20,23,32H,3,19,21-22H2,1-2H3,(H,42,46)/t23-,32+/m0/s1. The molecule has 0 spiro atoms. The number of benzene rings is 4. The van der Waals surface area contributed by atoms with Crippen molar-refractivity contribution in [2.45, 2.75) is 56.4 Å². The Balaban J connectivity index is 1.89. The molecular weight excluding hydrogens is 722 g/mol. The SMILES string of the molecule is CC[C@H](C)NC(=O)[C@@H](Cc1ccccc1)N(Cc1ccc(Cl)c(Cl)c1)C(=O)CN(c1cc(C(F)(F)F)ccc1Cl)S(=O)(=O)c1ccccc1. The molecule has 0 aromatic heterocycles. The van der Waals surface area contributed by atoms with Gasteiger partial charge in [0, 0.05) is 19.0 Å². The van der Waals surface area contributed by atoms with Gasteiger partial charge in [-0.05, 0) is 66.9 Å². The molecule has 0 heterocycles. The van der Waals surface area contributed by atoms with Crippen LogP contribution in [0.4, 0.5) is 18.9 Å². The number of sulfonamides is 1. The molecule has 0 bridgehead atoms. The second kappa shape index (κ2) is 16.3. The summed E-state index contributed by atoms with van der Waals surface area (Å²) in [6, 6.07) is 21.2. The van der Waals surface area contributed by atoms with Crippen LogP contribution >= 0.6 is 34.8 Å². The van der Waals surface area contributed by atoms with Gasteiger partial charge in [0.15, 0.2) is 0 Å². The zero-order valence-electron chi connectivity index (χ0n) is 26.4. The van der Waals surface area contributed by atoms with Crippen molar-refractivity contribution < 1.29 is 31.2 Å². The summed E-state index contributed by atoms with van der Waals surface area (Å²) < 4.78 is 70.4. The first-order valence-electron chi connectivity index (χ1n) is 15.1. The van der Waals surface area contributed by atoms with E-state index in [9.17, 15) is 31.2 Å². The van der Waals surface area contributed by atoms with Crippen molar-refractivity contribution in [1.82, 2.24) is 10.2 Å². The van der Waals surface area contributed by atoms with Gasteiger partial charge in [0.05, 0.1) is 31.2 Å². The Morgan fingerprint density at radius 3 is 2.02 bits per heavy atom. The topological polar surface area (TPSA) is 86.8 Å². The lowest BCUT2D eigenvalue weighted by molar-refractivity contribution is -0.140. The van der Waals surface area contributed by atoms with E-state index < -0.39 is 51.9 Å². The van der Waals surface area contributed by atoms with Crippen LogP contribution in [0.1, 0.15) is 37.0 Å². The molecular formula is C35H33Cl3F3N3O4S. The van der Waals surface area contributed by atoms with E-state index in [1.165, 1.54) is 41.3 Å². The third-order valence-electron chi connectivity index (χ3n) is 7.76. The third-order valence-corrected chi connectivity index (χ3v) is 10.6. The molecule has 2 atom stereocenters. The molecule has 260 valence electrons. The molecule has 2 amide bonds. The van der Waals surface area contributed by atoms with Gasteiger partial charge in [-0.25, -0.2) is 8.42 Å². The Kier molecular flexibility index (Phi) is 12.6. The maximum absolute atomic E-state index is 14.6. The van der Waals surface area contributed by atoms with Crippen molar-refractivity contribution in [3.8, 4) is 0 Å². The van der Waals surface area contributed by atoms with Crippen molar-refractivity contribution in [3.05, 3.63) is 129 Å². The monoisotopic (exact) mass is 753 g/mol. The van der Waals surface area contributed by atoms with E-state index in [1.54, 1.807) is 49.4 Å². The minimum absolute atomic E-state index is 0.0337. The van der Waals surface area contributed by atoms with Crippen LogP contribution in [-0.2, 0) is 38.8 Å². The molecule has 0 fully saturated rings. The van der Waals surface area contributed by atoms with Gasteiger partial charge >= 0.3 is 6.18 Å². The van der Waals surface area contributed by atoms with Crippen LogP contribution in [0.3, 0.4) is 0 Å². The second-order valence-electron chi connectivity index (χ2n) is 11.3. The molecule has 4 aromatic rings. The first-order chi connectivity index (χ1) is 23.1. The lowest BCUT2D eigenvalue weighted by atomic mass is 10.0.